The molecule has 0 unspecified atom stereocenters. The first-order valence-electron chi connectivity index (χ1n) is 7.05. The molecular weight excluding hydrogens is 306 g/mol. The summed E-state index contributed by atoms with van der Waals surface area (Å²) in [5.74, 6) is 0. The van der Waals surface area contributed by atoms with Crippen molar-refractivity contribution >= 4 is 16.3 Å². The average Bonchev–Trinajstić information content (AvgIpc) is 3.17. The van der Waals surface area contributed by atoms with Crippen molar-refractivity contribution in [1.82, 2.24) is 19.4 Å². The smallest absolute Gasteiger partial charge is 0.194 e. The van der Waals surface area contributed by atoms with Gasteiger partial charge in [-0.15, -0.1) is 11.3 Å². The van der Waals surface area contributed by atoms with Crippen molar-refractivity contribution in [1.29, 1.82) is 5.26 Å². The van der Waals surface area contributed by atoms with Gasteiger partial charge in [0.05, 0.1) is 29.6 Å². The molecule has 0 aliphatic carbocycles. The van der Waals surface area contributed by atoms with Gasteiger partial charge in [0.2, 0.25) is 0 Å². The van der Waals surface area contributed by atoms with Gasteiger partial charge in [0.25, 0.3) is 0 Å². The predicted octanol–water partition coefficient (Wildman–Crippen LogP) is 3.59. The topological polar surface area (TPSA) is 66.9 Å². The zero-order valence-electron chi connectivity index (χ0n) is 12.0. The maximum Gasteiger partial charge on any atom is 0.194 e. The second-order valence-corrected chi connectivity index (χ2v) is 5.79. The van der Waals surface area contributed by atoms with Gasteiger partial charge >= 0.3 is 0 Å². The van der Waals surface area contributed by atoms with Gasteiger partial charge in [-0.25, -0.2) is 4.98 Å². The average molecular weight is 317 g/mol. The SMILES string of the molecule is N#CCc1c(-c2ccncc2)nc2scc(-c3ccncc3)n12. The van der Waals surface area contributed by atoms with E-state index >= 15 is 0 Å². The van der Waals surface area contributed by atoms with Gasteiger partial charge in [0, 0.05) is 41.3 Å². The van der Waals surface area contributed by atoms with Crippen molar-refractivity contribution in [3.8, 4) is 28.6 Å². The Bertz CT molecular complexity index is 996. The summed E-state index contributed by atoms with van der Waals surface area (Å²) < 4.78 is 2.07. The number of pyridine rings is 2. The van der Waals surface area contributed by atoms with Gasteiger partial charge in [0.1, 0.15) is 0 Å². The molecule has 0 spiro atoms. The number of hydrogen-bond donors (Lipinski definition) is 0. The van der Waals surface area contributed by atoms with E-state index in [2.05, 4.69) is 25.8 Å². The molecule has 0 aliphatic rings. The van der Waals surface area contributed by atoms with E-state index in [-0.39, 0.29) is 0 Å². The molecule has 0 N–H and O–H groups in total. The minimum atomic E-state index is 0.299. The Balaban J connectivity index is 1.99. The molecule has 4 aromatic rings. The van der Waals surface area contributed by atoms with E-state index < -0.39 is 0 Å². The number of rotatable bonds is 3. The number of nitrogens with zero attached hydrogens (tertiary/aromatic N) is 5. The van der Waals surface area contributed by atoms with E-state index in [1.165, 1.54) is 0 Å². The fraction of sp³-hybridized carbons (Fsp3) is 0.0588. The number of fused-ring (bicyclic) bond motifs is 1. The molecule has 0 saturated heterocycles. The second kappa shape index (κ2) is 5.63. The van der Waals surface area contributed by atoms with E-state index in [4.69, 9.17) is 4.98 Å². The predicted molar refractivity (Wildman–Crippen MR) is 88.8 cm³/mol. The third-order valence-electron chi connectivity index (χ3n) is 3.64. The molecule has 0 radical (unpaired) electrons. The van der Waals surface area contributed by atoms with Crippen LogP contribution in [0.15, 0.2) is 54.4 Å². The lowest BCUT2D eigenvalue weighted by molar-refractivity contribution is 1.08. The van der Waals surface area contributed by atoms with E-state index in [9.17, 15) is 5.26 Å². The van der Waals surface area contributed by atoms with Gasteiger partial charge in [0.15, 0.2) is 4.96 Å². The van der Waals surface area contributed by atoms with Gasteiger partial charge in [-0.2, -0.15) is 5.26 Å². The van der Waals surface area contributed by atoms with Crippen LogP contribution in [0.5, 0.6) is 0 Å². The molecule has 0 saturated carbocycles. The lowest BCUT2D eigenvalue weighted by Gasteiger charge is -2.04. The Kier molecular flexibility index (Phi) is 3.33. The summed E-state index contributed by atoms with van der Waals surface area (Å²) in [6.45, 7) is 0. The summed E-state index contributed by atoms with van der Waals surface area (Å²) in [7, 11) is 0. The number of imidazole rings is 1. The first-order chi connectivity index (χ1) is 11.4. The van der Waals surface area contributed by atoms with Crippen LogP contribution >= 0.6 is 11.3 Å². The fourth-order valence-electron chi connectivity index (χ4n) is 2.62. The molecule has 0 fully saturated rings. The van der Waals surface area contributed by atoms with Crippen molar-refractivity contribution in [2.45, 2.75) is 6.42 Å². The van der Waals surface area contributed by atoms with Crippen LogP contribution in [-0.2, 0) is 6.42 Å². The lowest BCUT2D eigenvalue weighted by Crippen LogP contribution is -1.95. The standard InChI is InChI=1S/C17H11N5S/c18-6-1-14-16(13-4-9-20-10-5-13)21-17-22(14)15(11-23-17)12-2-7-19-8-3-12/h2-5,7-11H,1H2. The maximum absolute atomic E-state index is 9.26. The van der Waals surface area contributed by atoms with Crippen molar-refractivity contribution in [2.75, 3.05) is 0 Å². The third-order valence-corrected chi connectivity index (χ3v) is 4.46. The zero-order valence-corrected chi connectivity index (χ0v) is 12.9. The lowest BCUT2D eigenvalue weighted by atomic mass is 10.1. The van der Waals surface area contributed by atoms with Gasteiger partial charge in [-0.3, -0.25) is 14.4 Å². The molecule has 0 aliphatic heterocycles. The Morgan fingerprint density at radius 3 is 2.30 bits per heavy atom. The summed E-state index contributed by atoms with van der Waals surface area (Å²) in [5.41, 5.74) is 4.81. The monoisotopic (exact) mass is 317 g/mol. The van der Waals surface area contributed by atoms with Gasteiger partial charge in [-0.1, -0.05) is 0 Å². The minimum Gasteiger partial charge on any atom is -0.286 e. The Labute approximate surface area is 136 Å². The van der Waals surface area contributed by atoms with E-state index in [1.807, 2.05) is 24.3 Å². The molecule has 4 heterocycles. The van der Waals surface area contributed by atoms with Crippen molar-refractivity contribution in [3.63, 3.8) is 0 Å². The number of thiazole rings is 1. The number of aromatic nitrogens is 4. The first kappa shape index (κ1) is 13.6. The van der Waals surface area contributed by atoms with Crippen LogP contribution < -0.4 is 0 Å². The Hall–Kier alpha value is -3.04. The molecule has 0 amide bonds. The second-order valence-electron chi connectivity index (χ2n) is 4.95. The van der Waals surface area contributed by atoms with Crippen molar-refractivity contribution in [2.24, 2.45) is 0 Å². The molecule has 0 bridgehead atoms. The highest BCUT2D eigenvalue weighted by Crippen LogP contribution is 2.32. The van der Waals surface area contributed by atoms with Crippen molar-refractivity contribution < 1.29 is 0 Å². The fourth-order valence-corrected chi connectivity index (χ4v) is 3.54. The summed E-state index contributed by atoms with van der Waals surface area (Å²) >= 11 is 1.57. The van der Waals surface area contributed by atoms with E-state index in [0.717, 1.165) is 33.2 Å². The normalized spacial score (nSPS) is 10.7. The third kappa shape index (κ3) is 2.28. The minimum absolute atomic E-state index is 0.299. The molecule has 6 heteroatoms. The number of hydrogen-bond acceptors (Lipinski definition) is 5. The van der Waals surface area contributed by atoms with Gasteiger partial charge < -0.3 is 0 Å². The zero-order chi connectivity index (χ0) is 15.6. The summed E-state index contributed by atoms with van der Waals surface area (Å²) in [4.78, 5) is 13.7. The summed E-state index contributed by atoms with van der Waals surface area (Å²) in [6, 6.07) is 10.0. The maximum atomic E-state index is 9.26. The quantitative estimate of drug-likeness (QED) is 0.579. The highest BCUT2D eigenvalue weighted by Gasteiger charge is 2.18. The first-order valence-corrected chi connectivity index (χ1v) is 7.93. The molecular formula is C17H11N5S. The molecule has 0 aromatic carbocycles. The van der Waals surface area contributed by atoms with Crippen LogP contribution in [0.25, 0.3) is 27.5 Å². The van der Waals surface area contributed by atoms with Crippen LogP contribution in [0.2, 0.25) is 0 Å². The van der Waals surface area contributed by atoms with E-state index in [0.29, 0.717) is 6.42 Å². The number of nitriles is 1. The molecule has 0 atom stereocenters. The van der Waals surface area contributed by atoms with Crippen LogP contribution in [0.4, 0.5) is 0 Å². The molecule has 4 rings (SSSR count). The highest BCUT2D eigenvalue weighted by atomic mass is 32.1. The van der Waals surface area contributed by atoms with Crippen LogP contribution in [0.1, 0.15) is 5.69 Å². The van der Waals surface area contributed by atoms with Crippen LogP contribution in [-0.4, -0.2) is 19.4 Å². The van der Waals surface area contributed by atoms with Crippen molar-refractivity contribution in [3.05, 3.63) is 60.1 Å². The van der Waals surface area contributed by atoms with Gasteiger partial charge in [-0.05, 0) is 24.3 Å². The van der Waals surface area contributed by atoms with E-state index in [1.54, 1.807) is 36.1 Å². The molecule has 5 nitrogen and oxygen atoms in total. The Morgan fingerprint density at radius 1 is 1.00 bits per heavy atom. The largest absolute Gasteiger partial charge is 0.286 e. The summed E-state index contributed by atoms with van der Waals surface area (Å²) in [5, 5.41) is 11.3. The molecule has 23 heavy (non-hydrogen) atoms. The molecule has 4 aromatic heterocycles. The summed E-state index contributed by atoms with van der Waals surface area (Å²) in [6.07, 6.45) is 7.31. The Morgan fingerprint density at radius 2 is 1.65 bits per heavy atom. The van der Waals surface area contributed by atoms with Crippen LogP contribution in [0.3, 0.4) is 0 Å². The highest BCUT2D eigenvalue weighted by molar-refractivity contribution is 7.15. The van der Waals surface area contributed by atoms with Crippen LogP contribution in [0, 0.1) is 11.3 Å². The molecule has 110 valence electrons.